The topological polar surface area (TPSA) is 78.7 Å². The molecule has 0 unspecified atom stereocenters. The predicted molar refractivity (Wildman–Crippen MR) is 110 cm³/mol. The smallest absolute Gasteiger partial charge is 0.321 e. The van der Waals surface area contributed by atoms with Crippen molar-refractivity contribution in [1.29, 1.82) is 0 Å². The summed E-state index contributed by atoms with van der Waals surface area (Å²) in [6.45, 7) is 7.43. The first kappa shape index (κ1) is 19.8. The van der Waals surface area contributed by atoms with E-state index in [0.717, 1.165) is 31.6 Å². The first-order valence-electron chi connectivity index (χ1n) is 9.52. The van der Waals surface area contributed by atoms with Crippen LogP contribution in [0.2, 0.25) is 0 Å². The summed E-state index contributed by atoms with van der Waals surface area (Å²) < 4.78 is 0. The molecule has 0 bridgehead atoms. The highest BCUT2D eigenvalue weighted by molar-refractivity contribution is 5.92. The minimum atomic E-state index is -0.421. The van der Waals surface area contributed by atoms with E-state index in [4.69, 9.17) is 0 Å². The van der Waals surface area contributed by atoms with E-state index in [1.807, 2.05) is 13.0 Å². The Labute approximate surface area is 165 Å². The van der Waals surface area contributed by atoms with Gasteiger partial charge in [-0.2, -0.15) is 0 Å². The Morgan fingerprint density at radius 3 is 2.39 bits per heavy atom. The van der Waals surface area contributed by atoms with Crippen molar-refractivity contribution in [2.45, 2.75) is 20.3 Å². The van der Waals surface area contributed by atoms with Crippen molar-refractivity contribution in [3.8, 4) is 0 Å². The number of urea groups is 1. The predicted octanol–water partition coefficient (Wildman–Crippen LogP) is 3.60. The van der Waals surface area contributed by atoms with Crippen LogP contribution < -0.4 is 5.32 Å². The summed E-state index contributed by atoms with van der Waals surface area (Å²) >= 11 is 0. The molecule has 1 saturated heterocycles. The van der Waals surface area contributed by atoms with E-state index in [1.54, 1.807) is 17.9 Å². The van der Waals surface area contributed by atoms with E-state index < -0.39 is 4.92 Å². The summed E-state index contributed by atoms with van der Waals surface area (Å²) in [5.41, 5.74) is 3.18. The maximum atomic E-state index is 12.7. The largest absolute Gasteiger partial charge is 0.322 e. The minimum absolute atomic E-state index is 0.0200. The molecule has 2 amide bonds. The van der Waals surface area contributed by atoms with E-state index in [-0.39, 0.29) is 11.7 Å². The van der Waals surface area contributed by atoms with Gasteiger partial charge >= 0.3 is 6.03 Å². The lowest BCUT2D eigenvalue weighted by Crippen LogP contribution is -2.50. The van der Waals surface area contributed by atoms with Crippen LogP contribution >= 0.6 is 0 Å². The molecule has 0 aliphatic carbocycles. The molecular formula is C21H26N4O3. The van der Waals surface area contributed by atoms with Crippen LogP contribution in [-0.2, 0) is 6.42 Å². The zero-order valence-electron chi connectivity index (χ0n) is 16.4. The number of piperazine rings is 1. The first-order valence-corrected chi connectivity index (χ1v) is 9.52. The Kier molecular flexibility index (Phi) is 6.26. The molecule has 1 heterocycles. The Balaban J connectivity index is 1.54. The number of amides is 2. The van der Waals surface area contributed by atoms with Crippen molar-refractivity contribution >= 4 is 17.4 Å². The fourth-order valence-corrected chi connectivity index (χ4v) is 3.52. The average Bonchev–Trinajstić information content (AvgIpc) is 2.70. The number of aryl methyl sites for hydroxylation is 1. The number of nitro benzene ring substituents is 1. The van der Waals surface area contributed by atoms with Crippen LogP contribution in [0.1, 0.15) is 16.7 Å². The molecule has 3 rings (SSSR count). The number of hydrogen-bond acceptors (Lipinski definition) is 4. The Bertz CT molecular complexity index is 846. The molecule has 2 aromatic carbocycles. The zero-order chi connectivity index (χ0) is 20.1. The van der Waals surface area contributed by atoms with Gasteiger partial charge in [-0.25, -0.2) is 4.79 Å². The number of nitro groups is 1. The lowest BCUT2D eigenvalue weighted by atomic mass is 10.1. The van der Waals surface area contributed by atoms with Crippen LogP contribution in [-0.4, -0.2) is 53.5 Å². The maximum absolute atomic E-state index is 12.7. The summed E-state index contributed by atoms with van der Waals surface area (Å²) in [7, 11) is 0. The molecule has 0 aromatic heterocycles. The van der Waals surface area contributed by atoms with Gasteiger partial charge in [-0.05, 0) is 31.4 Å². The molecule has 0 saturated carbocycles. The van der Waals surface area contributed by atoms with Gasteiger partial charge in [0, 0.05) is 38.8 Å². The van der Waals surface area contributed by atoms with E-state index in [2.05, 4.69) is 34.5 Å². The van der Waals surface area contributed by atoms with Gasteiger partial charge in [0.25, 0.3) is 5.69 Å². The fourth-order valence-electron chi connectivity index (χ4n) is 3.52. The van der Waals surface area contributed by atoms with Crippen LogP contribution in [0.3, 0.4) is 0 Å². The molecular weight excluding hydrogens is 356 g/mol. The lowest BCUT2D eigenvalue weighted by molar-refractivity contribution is -0.385. The SMILES string of the molecule is Cc1ccc([N+](=O)[O-])c(C)c1NC(=O)N1CCN(CCc2ccccc2)CC1. The van der Waals surface area contributed by atoms with Crippen molar-refractivity contribution in [2.24, 2.45) is 0 Å². The average molecular weight is 382 g/mol. The van der Waals surface area contributed by atoms with Gasteiger partial charge < -0.3 is 10.2 Å². The number of anilines is 1. The van der Waals surface area contributed by atoms with Crippen LogP contribution in [0, 0.1) is 24.0 Å². The molecule has 0 atom stereocenters. The van der Waals surface area contributed by atoms with Crippen molar-refractivity contribution in [3.05, 3.63) is 69.3 Å². The lowest BCUT2D eigenvalue weighted by Gasteiger charge is -2.34. The Hall–Kier alpha value is -2.93. The second kappa shape index (κ2) is 8.84. The third-order valence-corrected chi connectivity index (χ3v) is 5.29. The third-order valence-electron chi connectivity index (χ3n) is 5.29. The highest BCUT2D eigenvalue weighted by Crippen LogP contribution is 2.29. The van der Waals surface area contributed by atoms with Gasteiger partial charge in [0.2, 0.25) is 0 Å². The Morgan fingerprint density at radius 1 is 1.07 bits per heavy atom. The summed E-state index contributed by atoms with van der Waals surface area (Å²) in [6.07, 6.45) is 0.999. The summed E-state index contributed by atoms with van der Waals surface area (Å²) in [5, 5.41) is 14.0. The first-order chi connectivity index (χ1) is 13.5. The quantitative estimate of drug-likeness (QED) is 0.633. The third kappa shape index (κ3) is 4.67. The molecule has 7 heteroatoms. The van der Waals surface area contributed by atoms with E-state index >= 15 is 0 Å². The van der Waals surface area contributed by atoms with Crippen LogP contribution in [0.5, 0.6) is 0 Å². The van der Waals surface area contributed by atoms with Crippen molar-refractivity contribution in [1.82, 2.24) is 9.80 Å². The molecule has 7 nitrogen and oxygen atoms in total. The molecule has 1 aliphatic heterocycles. The molecule has 0 spiro atoms. The standard InChI is InChI=1S/C21H26N4O3/c1-16-8-9-19(25(27)28)17(2)20(16)22-21(26)24-14-12-23(13-15-24)11-10-18-6-4-3-5-7-18/h3-9H,10-15H2,1-2H3,(H,22,26). The van der Waals surface area contributed by atoms with Crippen LogP contribution in [0.15, 0.2) is 42.5 Å². The molecule has 28 heavy (non-hydrogen) atoms. The number of carbonyl (C=O) groups is 1. The molecule has 1 N–H and O–H groups in total. The molecule has 0 radical (unpaired) electrons. The van der Waals surface area contributed by atoms with Gasteiger partial charge in [0.15, 0.2) is 0 Å². The van der Waals surface area contributed by atoms with Crippen molar-refractivity contribution < 1.29 is 9.72 Å². The van der Waals surface area contributed by atoms with Crippen molar-refractivity contribution in [2.75, 3.05) is 38.0 Å². The second-order valence-corrected chi connectivity index (χ2v) is 7.15. The zero-order valence-corrected chi connectivity index (χ0v) is 16.4. The number of rotatable bonds is 5. The van der Waals surface area contributed by atoms with E-state index in [0.29, 0.717) is 24.3 Å². The number of carbonyl (C=O) groups excluding carboxylic acids is 1. The highest BCUT2D eigenvalue weighted by Gasteiger charge is 2.23. The maximum Gasteiger partial charge on any atom is 0.321 e. The van der Waals surface area contributed by atoms with E-state index in [1.165, 1.54) is 11.6 Å². The number of nitrogens with one attached hydrogen (secondary N) is 1. The molecule has 1 aliphatic rings. The minimum Gasteiger partial charge on any atom is -0.322 e. The van der Waals surface area contributed by atoms with Crippen molar-refractivity contribution in [3.63, 3.8) is 0 Å². The monoisotopic (exact) mass is 382 g/mol. The number of nitrogens with zero attached hydrogens (tertiary/aromatic N) is 3. The van der Waals surface area contributed by atoms with Crippen LogP contribution in [0.4, 0.5) is 16.2 Å². The van der Waals surface area contributed by atoms with Gasteiger partial charge in [0.05, 0.1) is 16.2 Å². The van der Waals surface area contributed by atoms with Gasteiger partial charge in [-0.15, -0.1) is 0 Å². The van der Waals surface area contributed by atoms with E-state index in [9.17, 15) is 14.9 Å². The summed E-state index contributed by atoms with van der Waals surface area (Å²) in [4.78, 5) is 27.5. The molecule has 148 valence electrons. The number of hydrogen-bond donors (Lipinski definition) is 1. The summed E-state index contributed by atoms with van der Waals surface area (Å²) in [6, 6.07) is 13.3. The molecule has 1 fully saturated rings. The van der Waals surface area contributed by atoms with Gasteiger partial charge in [0.1, 0.15) is 0 Å². The number of benzene rings is 2. The fraction of sp³-hybridized carbons (Fsp3) is 0.381. The molecule has 2 aromatic rings. The summed E-state index contributed by atoms with van der Waals surface area (Å²) in [5.74, 6) is 0. The second-order valence-electron chi connectivity index (χ2n) is 7.15. The highest BCUT2D eigenvalue weighted by atomic mass is 16.6. The van der Waals surface area contributed by atoms with Gasteiger partial charge in [-0.3, -0.25) is 15.0 Å². The Morgan fingerprint density at radius 2 is 1.75 bits per heavy atom. The van der Waals surface area contributed by atoms with Crippen LogP contribution in [0.25, 0.3) is 0 Å². The normalized spacial score (nSPS) is 14.7. The van der Waals surface area contributed by atoms with Gasteiger partial charge in [-0.1, -0.05) is 36.4 Å².